The number of hydrazone groups is 1. The second-order valence-corrected chi connectivity index (χ2v) is 7.12. The van der Waals surface area contributed by atoms with Crippen LogP contribution < -0.4 is 14.9 Å². The van der Waals surface area contributed by atoms with Gasteiger partial charge in [-0.25, -0.2) is 4.98 Å². The number of anilines is 1. The quantitative estimate of drug-likeness (QED) is 0.379. The van der Waals surface area contributed by atoms with Crippen molar-refractivity contribution in [1.29, 1.82) is 0 Å². The summed E-state index contributed by atoms with van der Waals surface area (Å²) >= 11 is 6.67. The molecule has 0 aliphatic carbocycles. The van der Waals surface area contributed by atoms with E-state index in [0.29, 0.717) is 27.6 Å². The molecule has 0 saturated carbocycles. The average molecular weight is 442 g/mol. The first kappa shape index (κ1) is 20.9. The van der Waals surface area contributed by atoms with Crippen LogP contribution in [0.5, 0.6) is 11.5 Å². The number of aromatic nitrogens is 1. The van der Waals surface area contributed by atoms with Crippen LogP contribution in [-0.2, 0) is 6.18 Å². The van der Waals surface area contributed by atoms with E-state index in [-0.39, 0.29) is 10.0 Å². The Morgan fingerprint density at radius 2 is 1.76 bits per heavy atom. The third-order valence-electron chi connectivity index (χ3n) is 3.78. The van der Waals surface area contributed by atoms with Crippen LogP contribution in [0.3, 0.4) is 0 Å². The molecular weight excluding hydrogens is 427 g/mol. The van der Waals surface area contributed by atoms with Crippen LogP contribution in [0, 0.1) is 0 Å². The molecule has 29 heavy (non-hydrogen) atoms. The van der Waals surface area contributed by atoms with Gasteiger partial charge in [-0.15, -0.1) is 0 Å². The Bertz CT molecular complexity index is 1020. The van der Waals surface area contributed by atoms with Gasteiger partial charge in [0.15, 0.2) is 17.2 Å². The average Bonchev–Trinajstić information content (AvgIpc) is 3.13. The molecule has 0 aliphatic heterocycles. The topological polar surface area (TPSA) is 55.7 Å². The van der Waals surface area contributed by atoms with Gasteiger partial charge in [0.1, 0.15) is 0 Å². The summed E-state index contributed by atoms with van der Waals surface area (Å²) < 4.78 is 50.5. The zero-order valence-corrected chi connectivity index (χ0v) is 16.8. The summed E-state index contributed by atoms with van der Waals surface area (Å²) in [6.07, 6.45) is -3.16. The van der Waals surface area contributed by atoms with Crippen molar-refractivity contribution in [3.05, 3.63) is 58.7 Å². The maximum Gasteiger partial charge on any atom is 0.434 e. The molecule has 0 bridgehead atoms. The number of hydrogen-bond acceptors (Lipinski definition) is 6. The first-order chi connectivity index (χ1) is 13.8. The molecule has 152 valence electrons. The van der Waals surface area contributed by atoms with Crippen LogP contribution in [0.2, 0.25) is 5.02 Å². The van der Waals surface area contributed by atoms with E-state index in [1.807, 2.05) is 0 Å². The van der Waals surface area contributed by atoms with Crippen LogP contribution in [0.15, 0.2) is 47.6 Å². The molecule has 5 nitrogen and oxygen atoms in total. The number of alkyl halides is 3. The highest BCUT2D eigenvalue weighted by atomic mass is 35.5. The molecular formula is C19H15ClF3N3O2S. The van der Waals surface area contributed by atoms with Crippen molar-refractivity contribution in [2.24, 2.45) is 5.10 Å². The van der Waals surface area contributed by atoms with Crippen LogP contribution in [0.25, 0.3) is 10.4 Å². The van der Waals surface area contributed by atoms with E-state index in [2.05, 4.69) is 15.5 Å². The Kier molecular flexibility index (Phi) is 6.29. The van der Waals surface area contributed by atoms with Gasteiger partial charge in [-0.3, -0.25) is 5.43 Å². The Hall–Kier alpha value is -2.78. The van der Waals surface area contributed by atoms with E-state index in [1.165, 1.54) is 44.7 Å². The molecule has 0 unspecified atom stereocenters. The summed E-state index contributed by atoms with van der Waals surface area (Å²) in [6.45, 7) is 0. The van der Waals surface area contributed by atoms with Crippen LogP contribution in [-0.4, -0.2) is 25.4 Å². The van der Waals surface area contributed by atoms with Gasteiger partial charge in [0.05, 0.1) is 25.3 Å². The Balaban J connectivity index is 1.84. The van der Waals surface area contributed by atoms with Gasteiger partial charge < -0.3 is 9.47 Å². The highest BCUT2D eigenvalue weighted by Gasteiger charge is 2.38. The number of nitrogens with one attached hydrogen (secondary N) is 1. The predicted octanol–water partition coefficient (Wildman–Crippen LogP) is 5.95. The van der Waals surface area contributed by atoms with Crippen LogP contribution in [0.1, 0.15) is 11.3 Å². The zero-order chi connectivity index (χ0) is 21.0. The van der Waals surface area contributed by atoms with Gasteiger partial charge >= 0.3 is 6.18 Å². The molecule has 0 atom stereocenters. The van der Waals surface area contributed by atoms with E-state index in [0.717, 1.165) is 11.3 Å². The second kappa shape index (κ2) is 8.71. The molecule has 10 heteroatoms. The summed E-state index contributed by atoms with van der Waals surface area (Å²) in [5.74, 6) is 1.06. The van der Waals surface area contributed by atoms with E-state index < -0.39 is 11.9 Å². The van der Waals surface area contributed by atoms with Gasteiger partial charge in [-0.2, -0.15) is 18.3 Å². The minimum Gasteiger partial charge on any atom is -0.493 e. The molecule has 1 N–H and O–H groups in total. The molecule has 0 radical (unpaired) electrons. The number of nitrogens with zero attached hydrogens (tertiary/aromatic N) is 2. The van der Waals surface area contributed by atoms with Crippen molar-refractivity contribution < 1.29 is 22.6 Å². The van der Waals surface area contributed by atoms with E-state index in [4.69, 9.17) is 21.1 Å². The lowest BCUT2D eigenvalue weighted by Crippen LogP contribution is -2.07. The second-order valence-electron chi connectivity index (χ2n) is 5.69. The number of thiazole rings is 1. The molecule has 1 heterocycles. The number of benzene rings is 2. The standard InChI is InChI=1S/C19H15ClF3N3O2S/c1-27-14-8-3-11(9-15(14)28-2)10-24-26-18-25-17(19(21,22)23)16(29-18)12-4-6-13(20)7-5-12/h3-10H,1-2H3,(H,25,26)/b24-10+. The van der Waals surface area contributed by atoms with E-state index in [9.17, 15) is 13.2 Å². The Morgan fingerprint density at radius 3 is 2.38 bits per heavy atom. The van der Waals surface area contributed by atoms with Crippen molar-refractivity contribution >= 4 is 34.3 Å². The van der Waals surface area contributed by atoms with E-state index in [1.54, 1.807) is 18.2 Å². The molecule has 0 spiro atoms. The highest BCUT2D eigenvalue weighted by Crippen LogP contribution is 2.42. The fourth-order valence-corrected chi connectivity index (χ4v) is 3.52. The number of ether oxygens (including phenoxy) is 2. The fourth-order valence-electron chi connectivity index (χ4n) is 2.45. The molecule has 0 amide bonds. The Labute approximate surface area is 173 Å². The number of hydrogen-bond donors (Lipinski definition) is 1. The van der Waals surface area contributed by atoms with Gasteiger partial charge in [0.2, 0.25) is 5.13 Å². The monoisotopic (exact) mass is 441 g/mol. The van der Waals surface area contributed by atoms with Crippen molar-refractivity contribution in [1.82, 2.24) is 4.98 Å². The normalized spacial score (nSPS) is 11.7. The largest absolute Gasteiger partial charge is 0.493 e. The zero-order valence-electron chi connectivity index (χ0n) is 15.2. The van der Waals surface area contributed by atoms with Crippen LogP contribution in [0.4, 0.5) is 18.3 Å². The summed E-state index contributed by atoms with van der Waals surface area (Å²) in [5.41, 5.74) is 2.61. The van der Waals surface area contributed by atoms with E-state index >= 15 is 0 Å². The maximum absolute atomic E-state index is 13.4. The van der Waals surface area contributed by atoms with Gasteiger partial charge in [0.25, 0.3) is 0 Å². The van der Waals surface area contributed by atoms with Crippen molar-refractivity contribution in [3.63, 3.8) is 0 Å². The minimum absolute atomic E-state index is 0.0130. The first-order valence-electron chi connectivity index (χ1n) is 8.17. The van der Waals surface area contributed by atoms with Crippen molar-refractivity contribution in [2.75, 3.05) is 19.6 Å². The highest BCUT2D eigenvalue weighted by molar-refractivity contribution is 7.19. The van der Waals surface area contributed by atoms with Gasteiger partial charge in [-0.1, -0.05) is 35.1 Å². The lowest BCUT2D eigenvalue weighted by molar-refractivity contribution is -0.140. The molecule has 0 fully saturated rings. The summed E-state index contributed by atoms with van der Waals surface area (Å²) in [7, 11) is 3.02. The molecule has 3 rings (SSSR count). The van der Waals surface area contributed by atoms with Gasteiger partial charge in [-0.05, 0) is 41.5 Å². The molecule has 3 aromatic rings. The molecule has 1 aromatic heterocycles. The third-order valence-corrected chi connectivity index (χ3v) is 5.04. The summed E-state index contributed by atoms with van der Waals surface area (Å²) in [6, 6.07) is 11.2. The molecule has 0 saturated heterocycles. The predicted molar refractivity (Wildman–Crippen MR) is 108 cm³/mol. The number of methoxy groups -OCH3 is 2. The van der Waals surface area contributed by atoms with Gasteiger partial charge in [0, 0.05) is 5.02 Å². The van der Waals surface area contributed by atoms with Crippen molar-refractivity contribution in [3.8, 4) is 21.9 Å². The van der Waals surface area contributed by atoms with Crippen molar-refractivity contribution in [2.45, 2.75) is 6.18 Å². The molecule has 0 aliphatic rings. The maximum atomic E-state index is 13.4. The Morgan fingerprint density at radius 1 is 1.07 bits per heavy atom. The lowest BCUT2D eigenvalue weighted by Gasteiger charge is -2.07. The summed E-state index contributed by atoms with van der Waals surface area (Å²) in [5, 5.41) is 4.42. The summed E-state index contributed by atoms with van der Waals surface area (Å²) in [4.78, 5) is 3.65. The number of halogens is 4. The minimum atomic E-state index is -4.60. The lowest BCUT2D eigenvalue weighted by atomic mass is 10.1. The SMILES string of the molecule is COc1ccc(/C=N/Nc2nc(C(F)(F)F)c(-c3ccc(Cl)cc3)s2)cc1OC. The third kappa shape index (κ3) is 4.99. The fraction of sp³-hybridized carbons (Fsp3) is 0.158. The smallest absolute Gasteiger partial charge is 0.434 e. The molecule has 2 aromatic carbocycles. The first-order valence-corrected chi connectivity index (χ1v) is 9.36. The van der Waals surface area contributed by atoms with Crippen LogP contribution >= 0.6 is 22.9 Å². The number of rotatable bonds is 6.